The smallest absolute Gasteiger partial charge is 0.138 e. The summed E-state index contributed by atoms with van der Waals surface area (Å²) < 4.78 is 1.73. The van der Waals surface area contributed by atoms with Crippen LogP contribution in [0.2, 0.25) is 0 Å². The lowest BCUT2D eigenvalue weighted by Crippen LogP contribution is -2.00. The first-order chi connectivity index (χ1) is 9.42. The Morgan fingerprint density at radius 2 is 1.95 bits per heavy atom. The van der Waals surface area contributed by atoms with Crippen LogP contribution >= 0.6 is 0 Å². The number of benzene rings is 1. The van der Waals surface area contributed by atoms with Gasteiger partial charge in [0.1, 0.15) is 12.7 Å². The maximum absolute atomic E-state index is 4.09. The number of pyridine rings is 1. The normalized spacial score (nSPS) is 10.3. The van der Waals surface area contributed by atoms with Gasteiger partial charge in [0.05, 0.1) is 5.69 Å². The van der Waals surface area contributed by atoms with Gasteiger partial charge in [0, 0.05) is 24.6 Å². The molecule has 2 aromatic heterocycles. The second kappa shape index (κ2) is 5.30. The van der Waals surface area contributed by atoms with Crippen LogP contribution in [0.5, 0.6) is 0 Å². The first-order valence-electron chi connectivity index (χ1n) is 6.00. The molecule has 2 heterocycles. The Labute approximate surface area is 111 Å². The Bertz CT molecular complexity index is 617. The zero-order chi connectivity index (χ0) is 12.9. The van der Waals surface area contributed by atoms with Gasteiger partial charge in [-0.15, -0.1) is 0 Å². The van der Waals surface area contributed by atoms with Crippen LogP contribution in [-0.4, -0.2) is 19.7 Å². The summed E-state index contributed by atoms with van der Waals surface area (Å²) in [5.41, 5.74) is 3.21. The first-order valence-corrected chi connectivity index (χ1v) is 6.00. The average Bonchev–Trinajstić information content (AvgIpc) is 3.01. The highest BCUT2D eigenvalue weighted by Crippen LogP contribution is 2.13. The Morgan fingerprint density at radius 3 is 2.63 bits per heavy atom. The summed E-state index contributed by atoms with van der Waals surface area (Å²) in [5, 5.41) is 7.43. The van der Waals surface area contributed by atoms with Crippen molar-refractivity contribution in [2.24, 2.45) is 0 Å². The van der Waals surface area contributed by atoms with Crippen LogP contribution in [-0.2, 0) is 6.54 Å². The summed E-state index contributed by atoms with van der Waals surface area (Å²) in [6, 6.07) is 12.0. The third kappa shape index (κ3) is 2.77. The minimum Gasteiger partial charge on any atom is -0.381 e. The van der Waals surface area contributed by atoms with Crippen molar-refractivity contribution < 1.29 is 0 Å². The molecular weight excluding hydrogens is 238 g/mol. The van der Waals surface area contributed by atoms with Crippen LogP contribution in [0.4, 0.5) is 5.69 Å². The molecule has 5 nitrogen and oxygen atoms in total. The zero-order valence-electron chi connectivity index (χ0n) is 10.3. The highest BCUT2D eigenvalue weighted by atomic mass is 15.3. The molecule has 94 valence electrons. The summed E-state index contributed by atoms with van der Waals surface area (Å²) in [7, 11) is 0. The fourth-order valence-electron chi connectivity index (χ4n) is 1.78. The van der Waals surface area contributed by atoms with Crippen LogP contribution in [0.15, 0.2) is 61.4 Å². The number of hydrogen-bond donors (Lipinski definition) is 1. The Morgan fingerprint density at radius 1 is 1.05 bits per heavy atom. The van der Waals surface area contributed by atoms with E-state index in [1.54, 1.807) is 17.2 Å². The van der Waals surface area contributed by atoms with Crippen molar-refractivity contribution in [3.63, 3.8) is 0 Å². The van der Waals surface area contributed by atoms with E-state index in [9.17, 15) is 0 Å². The Kier molecular flexibility index (Phi) is 3.18. The van der Waals surface area contributed by atoms with Gasteiger partial charge in [0.2, 0.25) is 0 Å². The van der Waals surface area contributed by atoms with Crippen molar-refractivity contribution in [1.82, 2.24) is 19.7 Å². The predicted octanol–water partition coefficient (Wildman–Crippen LogP) is 2.27. The van der Waals surface area contributed by atoms with Gasteiger partial charge in [0.25, 0.3) is 0 Å². The molecule has 0 saturated carbocycles. The molecular formula is C14H13N5. The van der Waals surface area contributed by atoms with Crippen LogP contribution in [0.1, 0.15) is 5.56 Å². The number of hydrogen-bond acceptors (Lipinski definition) is 4. The number of rotatable bonds is 4. The predicted molar refractivity (Wildman–Crippen MR) is 72.9 cm³/mol. The van der Waals surface area contributed by atoms with Gasteiger partial charge in [-0.3, -0.25) is 4.98 Å². The lowest BCUT2D eigenvalue weighted by Gasteiger charge is -2.07. The van der Waals surface area contributed by atoms with Gasteiger partial charge in [-0.2, -0.15) is 5.10 Å². The number of aromatic nitrogens is 4. The fourth-order valence-corrected chi connectivity index (χ4v) is 1.78. The largest absolute Gasteiger partial charge is 0.381 e. The maximum atomic E-state index is 4.09. The first kappa shape index (κ1) is 11.4. The number of anilines is 1. The minimum atomic E-state index is 0.760. The molecule has 0 spiro atoms. The van der Waals surface area contributed by atoms with E-state index in [1.807, 2.05) is 42.6 Å². The van der Waals surface area contributed by atoms with Crippen molar-refractivity contribution in [1.29, 1.82) is 0 Å². The van der Waals surface area contributed by atoms with Crippen molar-refractivity contribution >= 4 is 5.69 Å². The molecule has 0 bridgehead atoms. The second-order valence-electron chi connectivity index (χ2n) is 4.10. The highest BCUT2D eigenvalue weighted by molar-refractivity contribution is 5.48. The van der Waals surface area contributed by atoms with Crippen LogP contribution in [0.3, 0.4) is 0 Å². The SMILES string of the molecule is c1cncc(CNc2ccc(-n3cncn3)cc2)c1. The van der Waals surface area contributed by atoms with E-state index in [1.165, 1.54) is 6.33 Å². The van der Waals surface area contributed by atoms with Crippen molar-refractivity contribution in [2.75, 3.05) is 5.32 Å². The van der Waals surface area contributed by atoms with E-state index >= 15 is 0 Å². The standard InChI is InChI=1S/C14H13N5/c1-2-12(8-15-7-1)9-17-13-3-5-14(6-4-13)19-11-16-10-18-19/h1-8,10-11,17H,9H2. The summed E-state index contributed by atoms with van der Waals surface area (Å²) in [4.78, 5) is 8.01. The van der Waals surface area contributed by atoms with Crippen molar-refractivity contribution in [3.05, 3.63) is 67.0 Å². The van der Waals surface area contributed by atoms with Crippen molar-refractivity contribution in [3.8, 4) is 5.69 Å². The summed E-state index contributed by atoms with van der Waals surface area (Å²) in [6.45, 7) is 0.760. The molecule has 0 atom stereocenters. The van der Waals surface area contributed by atoms with Gasteiger partial charge in [-0.05, 0) is 35.9 Å². The Hall–Kier alpha value is -2.69. The maximum Gasteiger partial charge on any atom is 0.138 e. The number of nitrogens with one attached hydrogen (secondary N) is 1. The van der Waals surface area contributed by atoms with Gasteiger partial charge in [0.15, 0.2) is 0 Å². The highest BCUT2D eigenvalue weighted by Gasteiger charge is 1.97. The quantitative estimate of drug-likeness (QED) is 0.773. The molecule has 3 rings (SSSR count). The molecule has 19 heavy (non-hydrogen) atoms. The van der Waals surface area contributed by atoms with E-state index < -0.39 is 0 Å². The summed E-state index contributed by atoms with van der Waals surface area (Å²) in [6.07, 6.45) is 6.83. The minimum absolute atomic E-state index is 0.760. The van der Waals surface area contributed by atoms with Crippen LogP contribution in [0.25, 0.3) is 5.69 Å². The van der Waals surface area contributed by atoms with Crippen LogP contribution in [0, 0.1) is 0 Å². The van der Waals surface area contributed by atoms with E-state index in [4.69, 9.17) is 0 Å². The molecule has 0 saturated heterocycles. The number of nitrogens with zero attached hydrogens (tertiary/aromatic N) is 4. The summed E-state index contributed by atoms with van der Waals surface area (Å²) in [5.74, 6) is 0. The molecule has 1 aromatic carbocycles. The Balaban J connectivity index is 1.67. The van der Waals surface area contributed by atoms with E-state index in [-0.39, 0.29) is 0 Å². The topological polar surface area (TPSA) is 55.6 Å². The van der Waals surface area contributed by atoms with Gasteiger partial charge in [-0.25, -0.2) is 9.67 Å². The average molecular weight is 251 g/mol. The zero-order valence-corrected chi connectivity index (χ0v) is 10.3. The third-order valence-corrected chi connectivity index (χ3v) is 2.77. The van der Waals surface area contributed by atoms with E-state index in [0.29, 0.717) is 0 Å². The van der Waals surface area contributed by atoms with Gasteiger partial charge >= 0.3 is 0 Å². The fraction of sp³-hybridized carbons (Fsp3) is 0.0714. The molecule has 3 aromatic rings. The molecule has 0 amide bonds. The van der Waals surface area contributed by atoms with Gasteiger partial charge in [-0.1, -0.05) is 6.07 Å². The lowest BCUT2D eigenvalue weighted by molar-refractivity contribution is 0.879. The molecule has 0 unspecified atom stereocenters. The van der Waals surface area contributed by atoms with Crippen LogP contribution < -0.4 is 5.32 Å². The van der Waals surface area contributed by atoms with E-state index in [2.05, 4.69) is 20.4 Å². The van der Waals surface area contributed by atoms with Crippen molar-refractivity contribution in [2.45, 2.75) is 6.54 Å². The summed E-state index contributed by atoms with van der Waals surface area (Å²) >= 11 is 0. The molecule has 5 heteroatoms. The monoisotopic (exact) mass is 251 g/mol. The molecule has 0 aliphatic rings. The molecule has 0 aliphatic carbocycles. The molecule has 1 N–H and O–H groups in total. The van der Waals surface area contributed by atoms with Gasteiger partial charge < -0.3 is 5.32 Å². The third-order valence-electron chi connectivity index (χ3n) is 2.77. The molecule has 0 radical (unpaired) electrons. The second-order valence-corrected chi connectivity index (χ2v) is 4.10. The van der Waals surface area contributed by atoms with E-state index in [0.717, 1.165) is 23.5 Å². The molecule has 0 aliphatic heterocycles. The molecule has 0 fully saturated rings. The lowest BCUT2D eigenvalue weighted by atomic mass is 10.2.